The number of nitrogens with one attached hydrogen (secondary N) is 1. The lowest BCUT2D eigenvalue weighted by Crippen LogP contribution is -1.97. The second-order valence-corrected chi connectivity index (χ2v) is 4.09. The Balaban J connectivity index is 2.59. The van der Waals surface area contributed by atoms with Gasteiger partial charge in [0, 0.05) is 23.0 Å². The maximum atomic E-state index is 12.6. The summed E-state index contributed by atoms with van der Waals surface area (Å²) in [6, 6.07) is 8.86. The molecule has 0 saturated heterocycles. The van der Waals surface area contributed by atoms with Crippen molar-refractivity contribution < 1.29 is 4.39 Å². The highest BCUT2D eigenvalue weighted by molar-refractivity contribution is 5.88. The molecule has 0 bridgehead atoms. The van der Waals surface area contributed by atoms with Crippen LogP contribution in [0.25, 0.3) is 11.3 Å². The van der Waals surface area contributed by atoms with E-state index >= 15 is 0 Å². The van der Waals surface area contributed by atoms with Gasteiger partial charge in [0.2, 0.25) is 0 Å². The minimum absolute atomic E-state index is 0.403. The zero-order chi connectivity index (χ0) is 13.1. The smallest absolute Gasteiger partial charge is 0.131 e. The van der Waals surface area contributed by atoms with Crippen molar-refractivity contribution in [3.05, 3.63) is 47.2 Å². The van der Waals surface area contributed by atoms with Gasteiger partial charge in [-0.1, -0.05) is 6.07 Å². The number of benzene rings is 1. The van der Waals surface area contributed by atoms with E-state index in [0.29, 0.717) is 22.6 Å². The van der Waals surface area contributed by atoms with E-state index in [1.54, 1.807) is 18.2 Å². The lowest BCUT2D eigenvalue weighted by Gasteiger charge is -2.09. The van der Waals surface area contributed by atoms with Crippen molar-refractivity contribution >= 4 is 11.9 Å². The molecular formula is C14H14FN3. The van der Waals surface area contributed by atoms with Crippen LogP contribution in [0.1, 0.15) is 16.8 Å². The van der Waals surface area contributed by atoms with E-state index in [9.17, 15) is 4.39 Å². The third-order valence-electron chi connectivity index (χ3n) is 2.81. The lowest BCUT2D eigenvalue weighted by molar-refractivity contribution is 0.476. The van der Waals surface area contributed by atoms with Gasteiger partial charge in [-0.25, -0.2) is 4.39 Å². The maximum Gasteiger partial charge on any atom is 0.131 e. The number of rotatable bonds is 3. The van der Waals surface area contributed by atoms with Gasteiger partial charge >= 0.3 is 0 Å². The fraction of sp³-hybridized carbons (Fsp3) is 0.143. The van der Waals surface area contributed by atoms with Gasteiger partial charge in [-0.2, -0.15) is 0 Å². The van der Waals surface area contributed by atoms with E-state index in [1.807, 2.05) is 19.1 Å². The molecule has 2 aromatic rings. The van der Waals surface area contributed by atoms with Crippen molar-refractivity contribution in [2.75, 3.05) is 5.73 Å². The normalized spacial score (nSPS) is 10.3. The zero-order valence-corrected chi connectivity index (χ0v) is 10.1. The summed E-state index contributed by atoms with van der Waals surface area (Å²) < 4.78 is 12.6. The minimum atomic E-state index is -0.584. The van der Waals surface area contributed by atoms with Gasteiger partial charge < -0.3 is 11.1 Å². The highest BCUT2D eigenvalue weighted by Crippen LogP contribution is 2.26. The third-order valence-corrected chi connectivity index (χ3v) is 2.81. The van der Waals surface area contributed by atoms with Crippen molar-refractivity contribution in [1.29, 1.82) is 5.41 Å². The number of nitrogens with two attached hydrogens (primary N) is 1. The quantitative estimate of drug-likeness (QED) is 0.642. The first-order chi connectivity index (χ1) is 8.65. The van der Waals surface area contributed by atoms with Crippen molar-refractivity contribution in [3.63, 3.8) is 0 Å². The van der Waals surface area contributed by atoms with Crippen LogP contribution in [0.4, 0.5) is 10.1 Å². The van der Waals surface area contributed by atoms with E-state index in [4.69, 9.17) is 11.1 Å². The monoisotopic (exact) mass is 243 g/mol. The van der Waals surface area contributed by atoms with E-state index < -0.39 is 6.67 Å². The molecule has 3 N–H and O–H groups in total. The number of alkyl halides is 1. The number of hydrogen-bond acceptors (Lipinski definition) is 3. The fourth-order valence-electron chi connectivity index (χ4n) is 1.85. The second kappa shape index (κ2) is 4.96. The lowest BCUT2D eigenvalue weighted by atomic mass is 10.0. The summed E-state index contributed by atoms with van der Waals surface area (Å²) >= 11 is 0. The summed E-state index contributed by atoms with van der Waals surface area (Å²) in [6.07, 6.45) is 1.21. The Labute approximate surface area is 105 Å². The Morgan fingerprint density at radius 2 is 2.17 bits per heavy atom. The maximum absolute atomic E-state index is 12.6. The van der Waals surface area contributed by atoms with E-state index in [1.165, 1.54) is 6.21 Å². The van der Waals surface area contributed by atoms with Crippen molar-refractivity contribution in [1.82, 2.24) is 4.98 Å². The SMILES string of the molecule is Cc1cc(N)c(C=N)cc1-c1cccc(CF)n1. The Hall–Kier alpha value is -2.23. The summed E-state index contributed by atoms with van der Waals surface area (Å²) in [5.41, 5.74) is 9.94. The van der Waals surface area contributed by atoms with Gasteiger partial charge in [0.05, 0.1) is 11.4 Å². The van der Waals surface area contributed by atoms with E-state index in [2.05, 4.69) is 4.98 Å². The number of aromatic nitrogens is 1. The number of hydrogen-bond donors (Lipinski definition) is 2. The minimum Gasteiger partial charge on any atom is -0.398 e. The molecule has 0 aliphatic carbocycles. The third kappa shape index (κ3) is 2.22. The number of anilines is 1. The first kappa shape index (κ1) is 12.2. The van der Waals surface area contributed by atoms with Crippen LogP contribution >= 0.6 is 0 Å². The predicted octanol–water partition coefficient (Wildman–Crippen LogP) is 3.11. The van der Waals surface area contributed by atoms with Gasteiger partial charge in [-0.05, 0) is 36.8 Å². The fourth-order valence-corrected chi connectivity index (χ4v) is 1.85. The molecule has 4 heteroatoms. The predicted molar refractivity (Wildman–Crippen MR) is 71.5 cm³/mol. The summed E-state index contributed by atoms with van der Waals surface area (Å²) in [7, 11) is 0. The number of aryl methyl sites for hydroxylation is 1. The summed E-state index contributed by atoms with van der Waals surface area (Å²) in [4.78, 5) is 4.24. The molecule has 1 aromatic heterocycles. The summed E-state index contributed by atoms with van der Waals surface area (Å²) in [5, 5.41) is 7.31. The van der Waals surface area contributed by atoms with Crippen LogP contribution in [0.15, 0.2) is 30.3 Å². The van der Waals surface area contributed by atoms with Crippen molar-refractivity contribution in [3.8, 4) is 11.3 Å². The van der Waals surface area contributed by atoms with Gasteiger partial charge in [-0.15, -0.1) is 0 Å². The van der Waals surface area contributed by atoms with Gasteiger partial charge in [0.1, 0.15) is 6.67 Å². The average Bonchev–Trinajstić information content (AvgIpc) is 2.39. The molecule has 18 heavy (non-hydrogen) atoms. The Bertz CT molecular complexity index is 594. The molecule has 2 rings (SSSR count). The van der Waals surface area contributed by atoms with E-state index in [0.717, 1.165) is 11.1 Å². The first-order valence-corrected chi connectivity index (χ1v) is 5.58. The Morgan fingerprint density at radius 1 is 1.39 bits per heavy atom. The number of nitrogen functional groups attached to an aromatic ring is 1. The second-order valence-electron chi connectivity index (χ2n) is 4.09. The van der Waals surface area contributed by atoms with Crippen LogP contribution in [0.2, 0.25) is 0 Å². The van der Waals surface area contributed by atoms with Crippen LogP contribution in [0.3, 0.4) is 0 Å². The zero-order valence-electron chi connectivity index (χ0n) is 10.1. The molecule has 0 atom stereocenters. The van der Waals surface area contributed by atoms with Crippen molar-refractivity contribution in [2.45, 2.75) is 13.6 Å². The molecule has 1 heterocycles. The molecule has 0 aliphatic heterocycles. The number of pyridine rings is 1. The van der Waals surface area contributed by atoms with Crippen LogP contribution in [0, 0.1) is 12.3 Å². The molecule has 1 aromatic carbocycles. The molecule has 0 radical (unpaired) electrons. The largest absolute Gasteiger partial charge is 0.398 e. The molecular weight excluding hydrogens is 229 g/mol. The highest BCUT2D eigenvalue weighted by Gasteiger charge is 2.08. The molecule has 0 unspecified atom stereocenters. The van der Waals surface area contributed by atoms with Crippen LogP contribution in [-0.2, 0) is 6.67 Å². The standard InChI is InChI=1S/C14H14FN3/c1-9-5-13(17)10(8-16)6-12(9)14-4-2-3-11(7-15)18-14/h2-6,8,16H,7,17H2,1H3. The molecule has 92 valence electrons. The molecule has 3 nitrogen and oxygen atoms in total. The molecule has 0 saturated carbocycles. The molecule has 0 amide bonds. The Morgan fingerprint density at radius 3 is 2.83 bits per heavy atom. The molecule has 0 fully saturated rings. The first-order valence-electron chi connectivity index (χ1n) is 5.58. The van der Waals surface area contributed by atoms with Crippen LogP contribution < -0.4 is 5.73 Å². The van der Waals surface area contributed by atoms with E-state index in [-0.39, 0.29) is 0 Å². The van der Waals surface area contributed by atoms with Crippen molar-refractivity contribution in [2.24, 2.45) is 0 Å². The number of halogens is 1. The average molecular weight is 243 g/mol. The molecule has 0 aliphatic rings. The van der Waals surface area contributed by atoms with Gasteiger partial charge in [0.15, 0.2) is 0 Å². The van der Waals surface area contributed by atoms with Crippen LogP contribution in [0.5, 0.6) is 0 Å². The Kier molecular flexibility index (Phi) is 3.37. The van der Waals surface area contributed by atoms with Crippen LogP contribution in [-0.4, -0.2) is 11.2 Å². The summed E-state index contributed by atoms with van der Waals surface area (Å²) in [6.45, 7) is 1.34. The topological polar surface area (TPSA) is 62.8 Å². The number of nitrogens with zero attached hydrogens (tertiary/aromatic N) is 1. The highest BCUT2D eigenvalue weighted by atomic mass is 19.1. The van der Waals surface area contributed by atoms with Gasteiger partial charge in [0.25, 0.3) is 0 Å². The molecule has 0 spiro atoms. The van der Waals surface area contributed by atoms with Gasteiger partial charge in [-0.3, -0.25) is 4.98 Å². The summed E-state index contributed by atoms with van der Waals surface area (Å²) in [5.74, 6) is 0.